The lowest BCUT2D eigenvalue weighted by molar-refractivity contribution is -0.122. The Morgan fingerprint density at radius 3 is 2.10 bits per heavy atom. The fraction of sp³-hybridized carbons (Fsp3) is 0.769. The molecule has 3 amide bonds. The first-order chi connectivity index (χ1) is 9.20. The third-order valence-electron chi connectivity index (χ3n) is 2.17. The maximum absolute atomic E-state index is 11.4. The number of nitrogens with one attached hydrogen (secondary N) is 2. The Hall–Kier alpha value is -1.79. The van der Waals surface area contributed by atoms with Crippen LogP contribution < -0.4 is 16.4 Å². The van der Waals surface area contributed by atoms with Crippen LogP contribution in [0.2, 0.25) is 0 Å². The van der Waals surface area contributed by atoms with E-state index in [1.54, 1.807) is 20.8 Å². The molecule has 0 aliphatic rings. The van der Waals surface area contributed by atoms with Gasteiger partial charge in [-0.2, -0.15) is 0 Å². The van der Waals surface area contributed by atoms with E-state index >= 15 is 0 Å². The van der Waals surface area contributed by atoms with Gasteiger partial charge in [0.1, 0.15) is 5.60 Å². The van der Waals surface area contributed by atoms with Crippen LogP contribution in [-0.2, 0) is 14.3 Å². The second-order valence-corrected chi connectivity index (χ2v) is 5.45. The zero-order chi connectivity index (χ0) is 15.6. The Balaban J connectivity index is 3.52. The van der Waals surface area contributed by atoms with Gasteiger partial charge in [0.25, 0.3) is 0 Å². The standard InChI is InChI=1S/C13H25N3O4/c1-13(2,3)20-12(19)16-9-5-7-11(18)15-8-4-6-10(14)17/h4-9H2,1-3H3,(H2,14,17)(H,15,18)(H,16,19). The summed E-state index contributed by atoms with van der Waals surface area (Å²) in [6, 6.07) is 0. The van der Waals surface area contributed by atoms with Gasteiger partial charge >= 0.3 is 6.09 Å². The van der Waals surface area contributed by atoms with Gasteiger partial charge in [-0.1, -0.05) is 0 Å². The number of alkyl carbamates (subject to hydrolysis) is 1. The van der Waals surface area contributed by atoms with Gasteiger partial charge in [-0.3, -0.25) is 9.59 Å². The van der Waals surface area contributed by atoms with Crippen molar-refractivity contribution in [3.05, 3.63) is 0 Å². The van der Waals surface area contributed by atoms with E-state index in [1.165, 1.54) is 0 Å². The summed E-state index contributed by atoms with van der Waals surface area (Å²) >= 11 is 0. The van der Waals surface area contributed by atoms with Gasteiger partial charge < -0.3 is 21.1 Å². The first-order valence-corrected chi connectivity index (χ1v) is 6.72. The highest BCUT2D eigenvalue weighted by Crippen LogP contribution is 2.06. The molecule has 0 atom stereocenters. The minimum absolute atomic E-state index is 0.111. The smallest absolute Gasteiger partial charge is 0.407 e. The highest BCUT2D eigenvalue weighted by atomic mass is 16.6. The molecular weight excluding hydrogens is 262 g/mol. The van der Waals surface area contributed by atoms with Gasteiger partial charge in [0.05, 0.1) is 0 Å². The molecule has 0 aliphatic heterocycles. The topological polar surface area (TPSA) is 111 Å². The van der Waals surface area contributed by atoms with E-state index in [0.29, 0.717) is 32.4 Å². The third-order valence-corrected chi connectivity index (χ3v) is 2.17. The number of nitrogens with two attached hydrogens (primary N) is 1. The van der Waals surface area contributed by atoms with E-state index < -0.39 is 11.7 Å². The monoisotopic (exact) mass is 287 g/mol. The van der Waals surface area contributed by atoms with E-state index in [4.69, 9.17) is 10.5 Å². The van der Waals surface area contributed by atoms with Crippen molar-refractivity contribution in [1.82, 2.24) is 10.6 Å². The quantitative estimate of drug-likeness (QED) is 0.570. The first-order valence-electron chi connectivity index (χ1n) is 6.72. The molecular formula is C13H25N3O4. The molecule has 0 spiro atoms. The molecule has 0 radical (unpaired) electrons. The zero-order valence-electron chi connectivity index (χ0n) is 12.5. The van der Waals surface area contributed by atoms with E-state index in [1.807, 2.05) is 0 Å². The number of amides is 3. The van der Waals surface area contributed by atoms with Gasteiger partial charge in [-0.05, 0) is 33.6 Å². The number of ether oxygens (including phenoxy) is 1. The molecule has 0 aromatic carbocycles. The molecule has 0 heterocycles. The molecule has 0 bridgehead atoms. The molecule has 0 saturated carbocycles. The Morgan fingerprint density at radius 1 is 1.00 bits per heavy atom. The number of hydrogen-bond donors (Lipinski definition) is 3. The molecule has 116 valence electrons. The maximum atomic E-state index is 11.4. The van der Waals surface area contributed by atoms with E-state index in [9.17, 15) is 14.4 Å². The molecule has 7 heteroatoms. The summed E-state index contributed by atoms with van der Waals surface area (Å²) in [5, 5.41) is 5.25. The van der Waals surface area contributed by atoms with E-state index in [0.717, 1.165) is 0 Å². The van der Waals surface area contributed by atoms with Crippen molar-refractivity contribution in [2.24, 2.45) is 5.73 Å². The minimum atomic E-state index is -0.526. The SMILES string of the molecule is CC(C)(C)OC(=O)NCCCC(=O)NCCCC(N)=O. The van der Waals surface area contributed by atoms with Crippen LogP contribution in [-0.4, -0.2) is 36.6 Å². The molecule has 0 fully saturated rings. The Kier molecular flexibility index (Phi) is 8.35. The lowest BCUT2D eigenvalue weighted by Gasteiger charge is -2.19. The van der Waals surface area contributed by atoms with Crippen molar-refractivity contribution in [3.8, 4) is 0 Å². The number of hydrogen-bond acceptors (Lipinski definition) is 4. The summed E-state index contributed by atoms with van der Waals surface area (Å²) in [4.78, 5) is 33.2. The lowest BCUT2D eigenvalue weighted by Crippen LogP contribution is -2.33. The van der Waals surface area contributed by atoms with Crippen LogP contribution in [0, 0.1) is 0 Å². The molecule has 7 nitrogen and oxygen atoms in total. The Bertz CT molecular complexity index is 337. The van der Waals surface area contributed by atoms with Gasteiger partial charge in [-0.25, -0.2) is 4.79 Å². The molecule has 0 saturated heterocycles. The molecule has 20 heavy (non-hydrogen) atoms. The van der Waals surface area contributed by atoms with Crippen LogP contribution in [0.3, 0.4) is 0 Å². The van der Waals surface area contributed by atoms with Crippen molar-refractivity contribution in [2.75, 3.05) is 13.1 Å². The van der Waals surface area contributed by atoms with E-state index in [-0.39, 0.29) is 18.2 Å². The van der Waals surface area contributed by atoms with Crippen LogP contribution in [0.25, 0.3) is 0 Å². The third kappa shape index (κ3) is 12.7. The second-order valence-electron chi connectivity index (χ2n) is 5.45. The van der Waals surface area contributed by atoms with Crippen LogP contribution in [0.1, 0.15) is 46.5 Å². The molecule has 0 rings (SSSR count). The minimum Gasteiger partial charge on any atom is -0.444 e. The normalized spacial score (nSPS) is 10.8. The fourth-order valence-electron chi connectivity index (χ4n) is 1.33. The van der Waals surface area contributed by atoms with Crippen LogP contribution in [0.4, 0.5) is 4.79 Å². The molecule has 0 aromatic heterocycles. The lowest BCUT2D eigenvalue weighted by atomic mass is 10.2. The second kappa shape index (κ2) is 9.17. The summed E-state index contributed by atoms with van der Waals surface area (Å²) in [5.74, 6) is -0.485. The number of carbonyl (C=O) groups excluding carboxylic acids is 3. The molecule has 0 aromatic rings. The average molecular weight is 287 g/mol. The Morgan fingerprint density at radius 2 is 1.55 bits per heavy atom. The summed E-state index contributed by atoms with van der Waals surface area (Å²) in [7, 11) is 0. The van der Waals surface area contributed by atoms with Crippen LogP contribution in [0.5, 0.6) is 0 Å². The van der Waals surface area contributed by atoms with Crippen LogP contribution >= 0.6 is 0 Å². The Labute approximate surface area is 119 Å². The highest BCUT2D eigenvalue weighted by molar-refractivity contribution is 5.76. The van der Waals surface area contributed by atoms with Crippen molar-refractivity contribution < 1.29 is 19.1 Å². The van der Waals surface area contributed by atoms with Gasteiger partial charge in [0.2, 0.25) is 11.8 Å². The van der Waals surface area contributed by atoms with Crippen molar-refractivity contribution in [1.29, 1.82) is 0 Å². The summed E-state index contributed by atoms with van der Waals surface area (Å²) in [6.07, 6.45) is 1.16. The number of carbonyl (C=O) groups is 3. The van der Waals surface area contributed by atoms with Gasteiger partial charge in [0, 0.05) is 25.9 Å². The first kappa shape index (κ1) is 18.2. The fourth-order valence-corrected chi connectivity index (χ4v) is 1.33. The van der Waals surface area contributed by atoms with Gasteiger partial charge in [-0.15, -0.1) is 0 Å². The molecule has 4 N–H and O–H groups in total. The molecule has 0 aliphatic carbocycles. The summed E-state index contributed by atoms with van der Waals surface area (Å²) in [6.45, 7) is 6.16. The molecule has 0 unspecified atom stereocenters. The van der Waals surface area contributed by atoms with Crippen LogP contribution in [0.15, 0.2) is 0 Å². The highest BCUT2D eigenvalue weighted by Gasteiger charge is 2.15. The maximum Gasteiger partial charge on any atom is 0.407 e. The zero-order valence-corrected chi connectivity index (χ0v) is 12.5. The number of rotatable bonds is 8. The van der Waals surface area contributed by atoms with Gasteiger partial charge in [0.15, 0.2) is 0 Å². The van der Waals surface area contributed by atoms with E-state index in [2.05, 4.69) is 10.6 Å². The number of primary amides is 1. The summed E-state index contributed by atoms with van der Waals surface area (Å²) in [5.41, 5.74) is 4.45. The summed E-state index contributed by atoms with van der Waals surface area (Å²) < 4.78 is 5.05. The van der Waals surface area contributed by atoms with Crippen molar-refractivity contribution in [3.63, 3.8) is 0 Å². The predicted molar refractivity (Wildman–Crippen MR) is 74.9 cm³/mol. The van der Waals surface area contributed by atoms with Crippen molar-refractivity contribution >= 4 is 17.9 Å². The largest absolute Gasteiger partial charge is 0.444 e. The van der Waals surface area contributed by atoms with Crippen molar-refractivity contribution in [2.45, 2.75) is 52.1 Å². The predicted octanol–water partition coefficient (Wildman–Crippen LogP) is 0.673. The average Bonchev–Trinajstić information content (AvgIpc) is 2.28.